The van der Waals surface area contributed by atoms with Crippen LogP contribution in [0.25, 0.3) is 0 Å². The first-order chi connectivity index (χ1) is 12.4. The van der Waals surface area contributed by atoms with Gasteiger partial charge in [0.05, 0.1) is 17.3 Å². The Balaban J connectivity index is 1.60. The Kier molecular flexibility index (Phi) is 5.06. The number of nitrogens with zero attached hydrogens (tertiary/aromatic N) is 6. The second-order valence-electron chi connectivity index (χ2n) is 6.78. The second-order valence-corrected chi connectivity index (χ2v) is 6.78. The van der Waals surface area contributed by atoms with E-state index in [0.29, 0.717) is 25.1 Å². The van der Waals surface area contributed by atoms with E-state index in [1.54, 1.807) is 11.6 Å². The molecule has 1 aliphatic heterocycles. The van der Waals surface area contributed by atoms with Gasteiger partial charge in [-0.3, -0.25) is 14.3 Å². The monoisotopic (exact) mass is 359 g/mol. The summed E-state index contributed by atoms with van der Waals surface area (Å²) in [6, 6.07) is -0.0957. The SMILES string of the molecule is CC(=O)c1c(C)nn(C(C)CC(=O)N2CCN(c3ncn[nH]3)CC2)c1C. The van der Waals surface area contributed by atoms with Gasteiger partial charge in [0, 0.05) is 38.3 Å². The van der Waals surface area contributed by atoms with Crippen molar-refractivity contribution in [1.82, 2.24) is 29.9 Å². The highest BCUT2D eigenvalue weighted by Gasteiger charge is 2.25. The smallest absolute Gasteiger partial charge is 0.224 e. The van der Waals surface area contributed by atoms with E-state index in [0.717, 1.165) is 30.4 Å². The summed E-state index contributed by atoms with van der Waals surface area (Å²) in [4.78, 5) is 32.6. The zero-order chi connectivity index (χ0) is 18.8. The van der Waals surface area contributed by atoms with Gasteiger partial charge in [-0.1, -0.05) is 0 Å². The normalized spacial score (nSPS) is 16.0. The summed E-state index contributed by atoms with van der Waals surface area (Å²) in [6.07, 6.45) is 1.85. The Morgan fingerprint density at radius 1 is 1.23 bits per heavy atom. The lowest BCUT2D eigenvalue weighted by molar-refractivity contribution is -0.132. The molecule has 9 nitrogen and oxygen atoms in total. The Morgan fingerprint density at radius 2 is 1.92 bits per heavy atom. The van der Waals surface area contributed by atoms with Crippen LogP contribution in [-0.2, 0) is 4.79 Å². The first kappa shape index (κ1) is 18.1. The van der Waals surface area contributed by atoms with Gasteiger partial charge in [-0.05, 0) is 27.7 Å². The molecule has 0 aliphatic carbocycles. The van der Waals surface area contributed by atoms with Crippen LogP contribution in [0.15, 0.2) is 6.33 Å². The molecular formula is C17H25N7O2. The summed E-state index contributed by atoms with van der Waals surface area (Å²) in [5.41, 5.74) is 2.20. The van der Waals surface area contributed by atoms with Gasteiger partial charge in [-0.25, -0.2) is 5.10 Å². The van der Waals surface area contributed by atoms with Crippen LogP contribution in [-0.4, -0.2) is 67.7 Å². The lowest BCUT2D eigenvalue weighted by atomic mass is 10.1. The van der Waals surface area contributed by atoms with Crippen molar-refractivity contribution in [3.05, 3.63) is 23.3 Å². The Hall–Kier alpha value is -2.71. The van der Waals surface area contributed by atoms with Gasteiger partial charge in [0.15, 0.2) is 5.78 Å². The average molecular weight is 359 g/mol. The summed E-state index contributed by atoms with van der Waals surface area (Å²) < 4.78 is 1.80. The molecule has 140 valence electrons. The third-order valence-corrected chi connectivity index (χ3v) is 4.90. The Morgan fingerprint density at radius 3 is 2.46 bits per heavy atom. The standard InChI is InChI=1S/C17H25N7O2/c1-11(24-13(3)16(14(4)25)12(2)21-24)9-15(26)22-5-7-23(8-6-22)17-18-10-19-20-17/h10-11H,5-9H2,1-4H3,(H,18,19,20). The molecule has 1 atom stereocenters. The molecule has 1 N–H and O–H groups in total. The highest BCUT2D eigenvalue weighted by atomic mass is 16.2. The van der Waals surface area contributed by atoms with Gasteiger partial charge >= 0.3 is 0 Å². The fourth-order valence-electron chi connectivity index (χ4n) is 3.59. The summed E-state index contributed by atoms with van der Waals surface area (Å²) in [6.45, 7) is 9.99. The van der Waals surface area contributed by atoms with Crippen molar-refractivity contribution >= 4 is 17.6 Å². The number of ketones is 1. The zero-order valence-corrected chi connectivity index (χ0v) is 15.7. The number of aromatic amines is 1. The van der Waals surface area contributed by atoms with E-state index < -0.39 is 0 Å². The molecule has 1 amide bonds. The predicted octanol–water partition coefficient (Wildman–Crippen LogP) is 1.12. The number of amides is 1. The van der Waals surface area contributed by atoms with Gasteiger partial charge in [-0.15, -0.1) is 0 Å². The molecule has 1 unspecified atom stereocenters. The largest absolute Gasteiger partial charge is 0.339 e. The van der Waals surface area contributed by atoms with Crippen LogP contribution in [0.1, 0.15) is 48.1 Å². The van der Waals surface area contributed by atoms with Crippen molar-refractivity contribution in [3.8, 4) is 0 Å². The number of carbonyl (C=O) groups is 2. The number of Topliss-reactive ketones (excluding diaryl/α,β-unsaturated/α-hetero) is 1. The van der Waals surface area contributed by atoms with Crippen LogP contribution < -0.4 is 4.90 Å². The van der Waals surface area contributed by atoms with Crippen LogP contribution in [0.3, 0.4) is 0 Å². The number of H-pyrrole nitrogens is 1. The van der Waals surface area contributed by atoms with E-state index in [1.165, 1.54) is 6.33 Å². The molecule has 0 spiro atoms. The Bertz CT molecular complexity index is 788. The third-order valence-electron chi connectivity index (χ3n) is 4.90. The highest BCUT2D eigenvalue weighted by molar-refractivity contribution is 5.96. The van der Waals surface area contributed by atoms with Gasteiger partial charge in [0.1, 0.15) is 6.33 Å². The number of piperazine rings is 1. The predicted molar refractivity (Wildman–Crippen MR) is 96.2 cm³/mol. The van der Waals surface area contributed by atoms with Crippen molar-refractivity contribution < 1.29 is 9.59 Å². The molecule has 2 aromatic rings. The Labute approximate surface area is 152 Å². The van der Waals surface area contributed by atoms with Crippen molar-refractivity contribution in [2.75, 3.05) is 31.1 Å². The van der Waals surface area contributed by atoms with E-state index in [1.807, 2.05) is 25.7 Å². The molecule has 9 heteroatoms. The summed E-state index contributed by atoms with van der Waals surface area (Å²) in [5.74, 6) is 0.852. The van der Waals surface area contributed by atoms with Crippen molar-refractivity contribution in [2.24, 2.45) is 0 Å². The molecule has 0 bridgehead atoms. The number of aromatic nitrogens is 5. The summed E-state index contributed by atoms with van der Waals surface area (Å²) >= 11 is 0. The third kappa shape index (κ3) is 3.47. The lowest BCUT2D eigenvalue weighted by Gasteiger charge is -2.34. The molecule has 1 aliphatic rings. The zero-order valence-electron chi connectivity index (χ0n) is 15.7. The number of aryl methyl sites for hydroxylation is 1. The van der Waals surface area contributed by atoms with Gasteiger partial charge in [-0.2, -0.15) is 15.2 Å². The van der Waals surface area contributed by atoms with Crippen molar-refractivity contribution in [2.45, 2.75) is 40.2 Å². The van der Waals surface area contributed by atoms with Crippen LogP contribution >= 0.6 is 0 Å². The quantitative estimate of drug-likeness (QED) is 0.803. The fraction of sp³-hybridized carbons (Fsp3) is 0.588. The van der Waals surface area contributed by atoms with Crippen LogP contribution in [0.4, 0.5) is 5.95 Å². The van der Waals surface area contributed by atoms with E-state index >= 15 is 0 Å². The maximum atomic E-state index is 12.7. The van der Waals surface area contributed by atoms with Crippen LogP contribution in [0, 0.1) is 13.8 Å². The summed E-state index contributed by atoms with van der Waals surface area (Å²) in [5, 5.41) is 11.2. The number of anilines is 1. The average Bonchev–Trinajstić information content (AvgIpc) is 3.23. The maximum Gasteiger partial charge on any atom is 0.224 e. The molecular weight excluding hydrogens is 334 g/mol. The van der Waals surface area contributed by atoms with Crippen LogP contribution in [0.5, 0.6) is 0 Å². The number of carbonyl (C=O) groups excluding carboxylic acids is 2. The number of nitrogens with one attached hydrogen (secondary N) is 1. The molecule has 0 aromatic carbocycles. The molecule has 26 heavy (non-hydrogen) atoms. The topological polar surface area (TPSA) is 100 Å². The molecule has 0 saturated carbocycles. The number of hydrogen-bond donors (Lipinski definition) is 1. The van der Waals surface area contributed by atoms with Crippen molar-refractivity contribution in [1.29, 1.82) is 0 Å². The van der Waals surface area contributed by atoms with Crippen molar-refractivity contribution in [3.63, 3.8) is 0 Å². The van der Waals surface area contributed by atoms with E-state index in [4.69, 9.17) is 0 Å². The number of rotatable bonds is 5. The van der Waals surface area contributed by atoms with E-state index in [-0.39, 0.29) is 17.7 Å². The first-order valence-corrected chi connectivity index (χ1v) is 8.83. The maximum absolute atomic E-state index is 12.7. The lowest BCUT2D eigenvalue weighted by Crippen LogP contribution is -2.49. The highest BCUT2D eigenvalue weighted by Crippen LogP contribution is 2.21. The van der Waals surface area contributed by atoms with Gasteiger partial charge in [0.2, 0.25) is 11.9 Å². The van der Waals surface area contributed by atoms with Gasteiger partial charge in [0.25, 0.3) is 0 Å². The van der Waals surface area contributed by atoms with Crippen LogP contribution in [0.2, 0.25) is 0 Å². The summed E-state index contributed by atoms with van der Waals surface area (Å²) in [7, 11) is 0. The minimum Gasteiger partial charge on any atom is -0.339 e. The van der Waals surface area contributed by atoms with E-state index in [9.17, 15) is 9.59 Å². The molecule has 2 aromatic heterocycles. The minimum atomic E-state index is -0.0957. The molecule has 0 radical (unpaired) electrons. The van der Waals surface area contributed by atoms with Gasteiger partial charge < -0.3 is 9.80 Å². The fourth-order valence-corrected chi connectivity index (χ4v) is 3.59. The first-order valence-electron chi connectivity index (χ1n) is 8.83. The second kappa shape index (κ2) is 7.27. The molecule has 1 fully saturated rings. The molecule has 1 saturated heterocycles. The minimum absolute atomic E-state index is 0.00770. The van der Waals surface area contributed by atoms with E-state index in [2.05, 4.69) is 25.2 Å². The molecule has 3 heterocycles. The molecule has 3 rings (SSSR count). The number of hydrogen-bond acceptors (Lipinski definition) is 6.